The van der Waals surface area contributed by atoms with Gasteiger partial charge in [0, 0.05) is 0 Å². The van der Waals surface area contributed by atoms with E-state index in [2.05, 4.69) is 4.74 Å². The third-order valence-electron chi connectivity index (χ3n) is 2.12. The number of alkyl halides is 3. The van der Waals surface area contributed by atoms with E-state index in [-0.39, 0.29) is 17.1 Å². The Morgan fingerprint density at radius 3 is 2.56 bits per heavy atom. The van der Waals surface area contributed by atoms with E-state index in [0.717, 1.165) is 18.2 Å². The number of ether oxygens (including phenoxy) is 1. The minimum Gasteiger partial charge on any atom is -0.483 e. The average molecular weight is 260 g/mol. The molecule has 2 aromatic rings. The number of furan rings is 1. The first-order valence-corrected chi connectivity index (χ1v) is 4.99. The zero-order valence-electron chi connectivity index (χ0n) is 9.00. The molecule has 0 bridgehead atoms. The molecular weight excluding hydrogens is 252 g/mol. The van der Waals surface area contributed by atoms with E-state index in [9.17, 15) is 17.6 Å². The van der Waals surface area contributed by atoms with Crippen molar-refractivity contribution in [2.24, 2.45) is 0 Å². The fraction of sp³-hybridized carbons (Fsp3) is 0.167. The van der Waals surface area contributed by atoms with Crippen LogP contribution in [0.15, 0.2) is 41.0 Å². The average Bonchev–Trinajstić information content (AvgIpc) is 2.79. The lowest BCUT2D eigenvalue weighted by Gasteiger charge is -2.12. The molecule has 18 heavy (non-hydrogen) atoms. The van der Waals surface area contributed by atoms with Crippen LogP contribution in [0.1, 0.15) is 0 Å². The topological polar surface area (TPSA) is 22.4 Å². The number of benzene rings is 1. The molecule has 0 N–H and O–H groups in total. The van der Waals surface area contributed by atoms with Gasteiger partial charge in [0.05, 0.1) is 11.8 Å². The number of rotatable bonds is 3. The second-order valence-electron chi connectivity index (χ2n) is 3.52. The maximum absolute atomic E-state index is 13.1. The van der Waals surface area contributed by atoms with Crippen LogP contribution in [0.5, 0.6) is 5.75 Å². The van der Waals surface area contributed by atoms with Gasteiger partial charge in [0.2, 0.25) is 0 Å². The van der Waals surface area contributed by atoms with Crippen LogP contribution in [-0.2, 0) is 0 Å². The summed E-state index contributed by atoms with van der Waals surface area (Å²) < 4.78 is 59.0. The van der Waals surface area contributed by atoms with Crippen molar-refractivity contribution in [3.8, 4) is 17.1 Å². The monoisotopic (exact) mass is 260 g/mol. The highest BCUT2D eigenvalue weighted by atomic mass is 19.4. The van der Waals surface area contributed by atoms with E-state index >= 15 is 0 Å². The van der Waals surface area contributed by atoms with E-state index in [0.29, 0.717) is 0 Å². The fourth-order valence-corrected chi connectivity index (χ4v) is 1.41. The molecule has 0 unspecified atom stereocenters. The summed E-state index contributed by atoms with van der Waals surface area (Å²) in [6.07, 6.45) is -3.11. The fourth-order valence-electron chi connectivity index (χ4n) is 1.41. The standard InChI is InChI=1S/C12H8F4O2/c13-8-3-4-11(18-7-12(14,15)16)9(6-8)10-2-1-5-17-10/h1-6H,7H2. The summed E-state index contributed by atoms with van der Waals surface area (Å²) in [5.41, 5.74) is 0.143. The molecule has 1 heterocycles. The Balaban J connectivity index is 2.30. The minimum absolute atomic E-state index is 0.0799. The Hall–Kier alpha value is -1.98. The van der Waals surface area contributed by atoms with Crippen molar-refractivity contribution in [1.82, 2.24) is 0 Å². The molecule has 0 fully saturated rings. The molecule has 0 aliphatic rings. The van der Waals surface area contributed by atoms with Crippen LogP contribution >= 0.6 is 0 Å². The van der Waals surface area contributed by atoms with Gasteiger partial charge in [0.1, 0.15) is 17.3 Å². The van der Waals surface area contributed by atoms with Crippen molar-refractivity contribution in [3.05, 3.63) is 42.4 Å². The van der Waals surface area contributed by atoms with Crippen LogP contribution in [0.4, 0.5) is 17.6 Å². The van der Waals surface area contributed by atoms with Gasteiger partial charge in [-0.05, 0) is 30.3 Å². The van der Waals surface area contributed by atoms with Crippen molar-refractivity contribution >= 4 is 0 Å². The number of hydrogen-bond donors (Lipinski definition) is 0. The van der Waals surface area contributed by atoms with Crippen LogP contribution in [-0.4, -0.2) is 12.8 Å². The van der Waals surface area contributed by atoms with Crippen molar-refractivity contribution in [1.29, 1.82) is 0 Å². The van der Waals surface area contributed by atoms with Crippen LogP contribution in [0.3, 0.4) is 0 Å². The highest BCUT2D eigenvalue weighted by Gasteiger charge is 2.29. The first kappa shape index (κ1) is 12.5. The van der Waals surface area contributed by atoms with Crippen molar-refractivity contribution in [3.63, 3.8) is 0 Å². The molecule has 0 amide bonds. The number of halogens is 4. The lowest BCUT2D eigenvalue weighted by molar-refractivity contribution is -0.153. The Kier molecular flexibility index (Phi) is 3.27. The molecule has 2 nitrogen and oxygen atoms in total. The van der Waals surface area contributed by atoms with Crippen LogP contribution < -0.4 is 4.74 Å². The van der Waals surface area contributed by atoms with Crippen molar-refractivity contribution < 1.29 is 26.7 Å². The van der Waals surface area contributed by atoms with E-state index in [1.807, 2.05) is 0 Å². The maximum atomic E-state index is 13.1. The van der Waals surface area contributed by atoms with Crippen LogP contribution in [0.2, 0.25) is 0 Å². The molecule has 0 atom stereocenters. The van der Waals surface area contributed by atoms with E-state index in [1.165, 1.54) is 12.3 Å². The first-order chi connectivity index (χ1) is 8.46. The molecule has 1 aromatic carbocycles. The van der Waals surface area contributed by atoms with Gasteiger partial charge in [-0.2, -0.15) is 13.2 Å². The van der Waals surface area contributed by atoms with E-state index in [4.69, 9.17) is 4.42 Å². The summed E-state index contributed by atoms with van der Waals surface area (Å²) in [5.74, 6) is -0.420. The molecule has 96 valence electrons. The highest BCUT2D eigenvalue weighted by molar-refractivity contribution is 5.65. The van der Waals surface area contributed by atoms with Gasteiger partial charge >= 0.3 is 6.18 Å². The van der Waals surface area contributed by atoms with E-state index in [1.54, 1.807) is 6.07 Å². The summed E-state index contributed by atoms with van der Waals surface area (Å²) in [7, 11) is 0. The van der Waals surface area contributed by atoms with Gasteiger partial charge in [-0.15, -0.1) is 0 Å². The molecular formula is C12H8F4O2. The lowest BCUT2D eigenvalue weighted by atomic mass is 10.1. The third kappa shape index (κ3) is 3.03. The van der Waals surface area contributed by atoms with Gasteiger partial charge in [-0.25, -0.2) is 4.39 Å². The summed E-state index contributed by atoms with van der Waals surface area (Å²) in [6, 6.07) is 6.28. The molecule has 2 rings (SSSR count). The van der Waals surface area contributed by atoms with Gasteiger partial charge in [0.15, 0.2) is 6.61 Å². The molecule has 0 aliphatic heterocycles. The van der Waals surface area contributed by atoms with Crippen molar-refractivity contribution in [2.75, 3.05) is 6.61 Å². The summed E-state index contributed by atoms with van der Waals surface area (Å²) in [6.45, 7) is -1.44. The zero-order valence-corrected chi connectivity index (χ0v) is 9.00. The lowest BCUT2D eigenvalue weighted by Crippen LogP contribution is -2.19. The van der Waals surface area contributed by atoms with Crippen LogP contribution in [0.25, 0.3) is 11.3 Å². The first-order valence-electron chi connectivity index (χ1n) is 4.99. The molecule has 1 aromatic heterocycles. The highest BCUT2D eigenvalue weighted by Crippen LogP contribution is 2.32. The Bertz CT molecular complexity index is 517. The zero-order chi connectivity index (χ0) is 13.2. The van der Waals surface area contributed by atoms with Crippen molar-refractivity contribution in [2.45, 2.75) is 6.18 Å². The van der Waals surface area contributed by atoms with Gasteiger partial charge in [0.25, 0.3) is 0 Å². The second kappa shape index (κ2) is 4.72. The largest absolute Gasteiger partial charge is 0.483 e. The molecule has 0 radical (unpaired) electrons. The molecule has 0 aliphatic carbocycles. The quantitative estimate of drug-likeness (QED) is 0.777. The molecule has 0 saturated heterocycles. The Morgan fingerprint density at radius 1 is 1.17 bits per heavy atom. The normalized spacial score (nSPS) is 11.6. The molecule has 6 heteroatoms. The minimum atomic E-state index is -4.45. The Labute approximate surface area is 99.8 Å². The summed E-state index contributed by atoms with van der Waals surface area (Å²) >= 11 is 0. The summed E-state index contributed by atoms with van der Waals surface area (Å²) in [5, 5.41) is 0. The maximum Gasteiger partial charge on any atom is 0.422 e. The predicted molar refractivity (Wildman–Crippen MR) is 55.7 cm³/mol. The van der Waals surface area contributed by atoms with Gasteiger partial charge < -0.3 is 9.15 Å². The molecule has 0 saturated carbocycles. The summed E-state index contributed by atoms with van der Waals surface area (Å²) in [4.78, 5) is 0. The molecule has 0 spiro atoms. The van der Waals surface area contributed by atoms with Gasteiger partial charge in [-0.3, -0.25) is 0 Å². The Morgan fingerprint density at radius 2 is 1.94 bits per heavy atom. The second-order valence-corrected chi connectivity index (χ2v) is 3.52. The van der Waals surface area contributed by atoms with E-state index < -0.39 is 18.6 Å². The number of hydrogen-bond acceptors (Lipinski definition) is 2. The van der Waals surface area contributed by atoms with Crippen LogP contribution in [0, 0.1) is 5.82 Å². The van der Waals surface area contributed by atoms with Gasteiger partial charge in [-0.1, -0.05) is 0 Å². The SMILES string of the molecule is Fc1ccc(OCC(F)(F)F)c(-c2ccco2)c1. The smallest absolute Gasteiger partial charge is 0.422 e. The predicted octanol–water partition coefficient (Wildman–Crippen LogP) is 4.03. The third-order valence-corrected chi connectivity index (χ3v) is 2.12.